The molecule has 1 unspecified atom stereocenters. The van der Waals surface area contributed by atoms with Crippen molar-refractivity contribution in [2.75, 3.05) is 38.6 Å². The molecule has 2 aliphatic rings. The van der Waals surface area contributed by atoms with Gasteiger partial charge in [0, 0.05) is 52.5 Å². The van der Waals surface area contributed by atoms with E-state index in [2.05, 4.69) is 20.1 Å². The summed E-state index contributed by atoms with van der Waals surface area (Å²) in [6.07, 6.45) is 5.47. The molecule has 0 aliphatic carbocycles. The molecule has 0 bridgehead atoms. The van der Waals surface area contributed by atoms with Gasteiger partial charge in [-0.2, -0.15) is 0 Å². The SMILES string of the molecule is CN(C)C(=O)C1CC(=O)N(C2CN(c3nccn4cnnc34)C2)C1. The lowest BCUT2D eigenvalue weighted by atomic mass is 10.1. The van der Waals surface area contributed by atoms with Crippen LogP contribution in [0.5, 0.6) is 0 Å². The fraction of sp³-hybridized carbons (Fsp3) is 0.533. The van der Waals surface area contributed by atoms with Crippen molar-refractivity contribution in [3.05, 3.63) is 18.7 Å². The predicted molar refractivity (Wildman–Crippen MR) is 85.3 cm³/mol. The molecule has 126 valence electrons. The molecular formula is C15H19N7O2. The molecule has 2 saturated heterocycles. The maximum absolute atomic E-state index is 12.3. The van der Waals surface area contributed by atoms with E-state index in [0.717, 1.165) is 5.82 Å². The Labute approximate surface area is 138 Å². The lowest BCUT2D eigenvalue weighted by molar-refractivity contribution is -0.133. The number of aromatic nitrogens is 4. The van der Waals surface area contributed by atoms with Gasteiger partial charge in [-0.3, -0.25) is 14.0 Å². The van der Waals surface area contributed by atoms with E-state index in [0.29, 0.717) is 31.7 Å². The lowest BCUT2D eigenvalue weighted by Crippen LogP contribution is -2.60. The van der Waals surface area contributed by atoms with E-state index in [1.54, 1.807) is 37.7 Å². The van der Waals surface area contributed by atoms with Gasteiger partial charge < -0.3 is 14.7 Å². The monoisotopic (exact) mass is 329 g/mol. The van der Waals surface area contributed by atoms with Gasteiger partial charge in [0.25, 0.3) is 0 Å². The van der Waals surface area contributed by atoms with Crippen molar-refractivity contribution in [1.82, 2.24) is 29.4 Å². The first kappa shape index (κ1) is 14.9. The van der Waals surface area contributed by atoms with Crippen molar-refractivity contribution in [1.29, 1.82) is 0 Å². The first-order chi connectivity index (χ1) is 11.5. The molecule has 2 fully saturated rings. The Bertz CT molecular complexity index is 796. The Balaban J connectivity index is 1.43. The zero-order chi connectivity index (χ0) is 16.8. The molecule has 2 aromatic heterocycles. The fourth-order valence-corrected chi connectivity index (χ4v) is 3.41. The van der Waals surface area contributed by atoms with Crippen LogP contribution in [0.15, 0.2) is 18.7 Å². The smallest absolute Gasteiger partial charge is 0.227 e. The van der Waals surface area contributed by atoms with Gasteiger partial charge in [0.05, 0.1) is 12.0 Å². The first-order valence-electron chi connectivity index (χ1n) is 7.94. The van der Waals surface area contributed by atoms with Gasteiger partial charge in [0.1, 0.15) is 6.33 Å². The molecule has 1 atom stereocenters. The number of likely N-dealkylation sites (tertiary alicyclic amines) is 1. The summed E-state index contributed by atoms with van der Waals surface area (Å²) in [5, 5.41) is 7.99. The zero-order valence-corrected chi connectivity index (χ0v) is 13.7. The normalized spacial score (nSPS) is 21.4. The number of anilines is 1. The molecule has 9 heteroatoms. The second-order valence-corrected chi connectivity index (χ2v) is 6.55. The van der Waals surface area contributed by atoms with E-state index in [9.17, 15) is 9.59 Å². The summed E-state index contributed by atoms with van der Waals surface area (Å²) in [6, 6.07) is 0.127. The van der Waals surface area contributed by atoms with Crippen LogP contribution < -0.4 is 4.90 Å². The van der Waals surface area contributed by atoms with E-state index in [1.165, 1.54) is 0 Å². The van der Waals surface area contributed by atoms with Gasteiger partial charge in [-0.25, -0.2) is 4.98 Å². The number of hydrogen-bond donors (Lipinski definition) is 0. The van der Waals surface area contributed by atoms with Crippen molar-refractivity contribution < 1.29 is 9.59 Å². The van der Waals surface area contributed by atoms with Crippen molar-refractivity contribution in [3.63, 3.8) is 0 Å². The van der Waals surface area contributed by atoms with E-state index >= 15 is 0 Å². The standard InChI is InChI=1S/C15H19N7O2/c1-19(2)15(24)10-5-12(23)22(6-10)11-7-21(8-11)13-14-18-17-9-20(14)4-3-16-13/h3-4,9-11H,5-8H2,1-2H3. The minimum Gasteiger partial charge on any atom is -0.349 e. The first-order valence-corrected chi connectivity index (χ1v) is 7.94. The maximum Gasteiger partial charge on any atom is 0.227 e. The molecule has 24 heavy (non-hydrogen) atoms. The Hall–Kier alpha value is -2.71. The molecule has 0 spiro atoms. The zero-order valence-electron chi connectivity index (χ0n) is 13.7. The van der Waals surface area contributed by atoms with Crippen molar-refractivity contribution in [3.8, 4) is 0 Å². The second-order valence-electron chi connectivity index (χ2n) is 6.55. The fourth-order valence-electron chi connectivity index (χ4n) is 3.41. The molecule has 4 heterocycles. The van der Waals surface area contributed by atoms with Gasteiger partial charge in [0.15, 0.2) is 5.82 Å². The molecule has 2 aromatic rings. The highest BCUT2D eigenvalue weighted by Crippen LogP contribution is 2.29. The topological polar surface area (TPSA) is 86.9 Å². The quantitative estimate of drug-likeness (QED) is 0.736. The summed E-state index contributed by atoms with van der Waals surface area (Å²) in [4.78, 5) is 34.2. The van der Waals surface area contributed by atoms with E-state index in [1.807, 2.05) is 9.30 Å². The summed E-state index contributed by atoms with van der Waals surface area (Å²) >= 11 is 0. The molecule has 2 aliphatic heterocycles. The van der Waals surface area contributed by atoms with Crippen LogP contribution in [0.2, 0.25) is 0 Å². The van der Waals surface area contributed by atoms with Gasteiger partial charge in [0.2, 0.25) is 17.5 Å². The van der Waals surface area contributed by atoms with Crippen LogP contribution in [0.1, 0.15) is 6.42 Å². The van der Waals surface area contributed by atoms with Crippen LogP contribution in [-0.4, -0.2) is 81.0 Å². The number of fused-ring (bicyclic) bond motifs is 1. The summed E-state index contributed by atoms with van der Waals surface area (Å²) < 4.78 is 1.82. The van der Waals surface area contributed by atoms with Crippen LogP contribution >= 0.6 is 0 Å². The maximum atomic E-state index is 12.3. The average molecular weight is 329 g/mol. The van der Waals surface area contributed by atoms with E-state index < -0.39 is 0 Å². The Morgan fingerprint density at radius 1 is 1.29 bits per heavy atom. The van der Waals surface area contributed by atoms with Crippen LogP contribution in [0.4, 0.5) is 5.82 Å². The molecule has 0 aromatic carbocycles. The third-order valence-corrected chi connectivity index (χ3v) is 4.75. The van der Waals surface area contributed by atoms with Gasteiger partial charge in [-0.15, -0.1) is 10.2 Å². The molecule has 0 N–H and O–H groups in total. The Morgan fingerprint density at radius 2 is 2.08 bits per heavy atom. The second kappa shape index (κ2) is 5.43. The molecule has 0 saturated carbocycles. The molecule has 9 nitrogen and oxygen atoms in total. The van der Waals surface area contributed by atoms with Crippen LogP contribution in [0.3, 0.4) is 0 Å². The minimum atomic E-state index is -0.223. The number of hydrogen-bond acceptors (Lipinski definition) is 6. The average Bonchev–Trinajstić information content (AvgIpc) is 3.12. The lowest BCUT2D eigenvalue weighted by Gasteiger charge is -2.44. The summed E-state index contributed by atoms with van der Waals surface area (Å²) in [7, 11) is 3.46. The van der Waals surface area contributed by atoms with E-state index in [4.69, 9.17) is 0 Å². The van der Waals surface area contributed by atoms with Gasteiger partial charge >= 0.3 is 0 Å². The molecule has 0 radical (unpaired) electrons. The number of carbonyl (C=O) groups is 2. The van der Waals surface area contributed by atoms with Crippen molar-refractivity contribution >= 4 is 23.3 Å². The number of rotatable bonds is 3. The Morgan fingerprint density at radius 3 is 2.83 bits per heavy atom. The van der Waals surface area contributed by atoms with Gasteiger partial charge in [-0.05, 0) is 0 Å². The highest BCUT2D eigenvalue weighted by atomic mass is 16.2. The van der Waals surface area contributed by atoms with Crippen LogP contribution in [0.25, 0.3) is 5.65 Å². The summed E-state index contributed by atoms with van der Waals surface area (Å²) in [5.41, 5.74) is 0.712. The summed E-state index contributed by atoms with van der Waals surface area (Å²) in [5.74, 6) is 0.642. The highest BCUT2D eigenvalue weighted by Gasteiger charge is 2.43. The number of carbonyl (C=O) groups excluding carboxylic acids is 2. The molecule has 4 rings (SSSR count). The number of nitrogens with zero attached hydrogens (tertiary/aromatic N) is 7. The van der Waals surface area contributed by atoms with Crippen LogP contribution in [-0.2, 0) is 9.59 Å². The van der Waals surface area contributed by atoms with Crippen molar-refractivity contribution in [2.45, 2.75) is 12.5 Å². The van der Waals surface area contributed by atoms with Crippen LogP contribution in [0, 0.1) is 5.92 Å². The number of amides is 2. The molecule has 2 amide bonds. The predicted octanol–water partition coefficient (Wildman–Crippen LogP) is -0.750. The van der Waals surface area contributed by atoms with Gasteiger partial charge in [-0.1, -0.05) is 0 Å². The third kappa shape index (κ3) is 2.27. The van der Waals surface area contributed by atoms with Crippen molar-refractivity contribution in [2.24, 2.45) is 5.92 Å². The largest absolute Gasteiger partial charge is 0.349 e. The van der Waals surface area contributed by atoms with E-state index in [-0.39, 0.29) is 23.8 Å². The molecular weight excluding hydrogens is 310 g/mol. The summed E-state index contributed by atoms with van der Waals surface area (Å²) in [6.45, 7) is 1.92. The highest BCUT2D eigenvalue weighted by molar-refractivity contribution is 5.89. The Kier molecular flexibility index (Phi) is 3.36. The third-order valence-electron chi connectivity index (χ3n) is 4.75. The minimum absolute atomic E-state index is 0.0249.